The molecular weight excluding hydrogens is 358 g/mol. The maximum atomic E-state index is 13.0. The Morgan fingerprint density at radius 1 is 1.18 bits per heavy atom. The van der Waals surface area contributed by atoms with Crippen LogP contribution < -0.4 is 14.8 Å². The maximum Gasteiger partial charge on any atom is 0.246 e. The van der Waals surface area contributed by atoms with Gasteiger partial charge in [-0.3, -0.25) is 9.59 Å². The molecular formula is C21H27N3O4. The number of piperazine rings is 1. The third-order valence-corrected chi connectivity index (χ3v) is 5.83. The second-order valence-corrected chi connectivity index (χ2v) is 8.11. The van der Waals surface area contributed by atoms with Crippen molar-refractivity contribution in [2.24, 2.45) is 5.92 Å². The lowest BCUT2D eigenvalue weighted by Gasteiger charge is -2.46. The second-order valence-electron chi connectivity index (χ2n) is 8.11. The highest BCUT2D eigenvalue weighted by atomic mass is 16.5. The average molecular weight is 385 g/mol. The van der Waals surface area contributed by atoms with Gasteiger partial charge in [0.2, 0.25) is 11.8 Å². The number of fused-ring (bicyclic) bond motifs is 4. The first-order chi connectivity index (χ1) is 13.3. The van der Waals surface area contributed by atoms with Crippen molar-refractivity contribution in [3.05, 3.63) is 23.4 Å². The molecule has 3 heterocycles. The van der Waals surface area contributed by atoms with Crippen molar-refractivity contribution in [3.8, 4) is 11.5 Å². The first-order valence-corrected chi connectivity index (χ1v) is 9.74. The molecule has 7 heteroatoms. The van der Waals surface area contributed by atoms with Gasteiger partial charge < -0.3 is 24.7 Å². The number of carbonyl (C=O) groups is 2. The van der Waals surface area contributed by atoms with E-state index in [9.17, 15) is 9.59 Å². The SMILES string of the molecule is COc1cc2[nH]c3c(c2cc1OC)C[C@@H]1C(=O)N[C@@H](C)C(=O)N1[C@H]3CC(C)C. The summed E-state index contributed by atoms with van der Waals surface area (Å²) in [5.74, 6) is 1.57. The highest BCUT2D eigenvalue weighted by Gasteiger charge is 2.47. The summed E-state index contributed by atoms with van der Waals surface area (Å²) >= 11 is 0. The van der Waals surface area contributed by atoms with Crippen LogP contribution in [-0.2, 0) is 16.0 Å². The van der Waals surface area contributed by atoms with Gasteiger partial charge in [0.25, 0.3) is 0 Å². The Labute approximate surface area is 164 Å². The Balaban J connectivity index is 1.92. The van der Waals surface area contributed by atoms with E-state index < -0.39 is 12.1 Å². The average Bonchev–Trinajstić information content (AvgIpc) is 3.02. The lowest BCUT2D eigenvalue weighted by Crippen LogP contribution is -2.65. The number of ether oxygens (including phenoxy) is 2. The molecule has 2 aliphatic rings. The topological polar surface area (TPSA) is 83.7 Å². The van der Waals surface area contributed by atoms with E-state index in [4.69, 9.17) is 9.47 Å². The zero-order chi connectivity index (χ0) is 20.2. The number of aromatic nitrogens is 1. The smallest absolute Gasteiger partial charge is 0.246 e. The van der Waals surface area contributed by atoms with Crippen LogP contribution in [-0.4, -0.2) is 48.0 Å². The zero-order valence-corrected chi connectivity index (χ0v) is 17.0. The summed E-state index contributed by atoms with van der Waals surface area (Å²) in [5.41, 5.74) is 3.03. The van der Waals surface area contributed by atoms with Crippen molar-refractivity contribution >= 4 is 22.7 Å². The number of rotatable bonds is 4. The highest BCUT2D eigenvalue weighted by molar-refractivity contribution is 5.99. The van der Waals surface area contributed by atoms with Crippen molar-refractivity contribution < 1.29 is 19.1 Å². The summed E-state index contributed by atoms with van der Waals surface area (Å²) < 4.78 is 10.9. The van der Waals surface area contributed by atoms with E-state index in [-0.39, 0.29) is 17.9 Å². The lowest BCUT2D eigenvalue weighted by molar-refractivity contribution is -0.153. The third-order valence-electron chi connectivity index (χ3n) is 5.83. The normalized spacial score (nSPS) is 24.2. The number of methoxy groups -OCH3 is 2. The number of hydrogen-bond acceptors (Lipinski definition) is 4. The molecule has 2 aromatic rings. The molecule has 2 amide bonds. The molecule has 3 atom stereocenters. The van der Waals surface area contributed by atoms with Gasteiger partial charge in [0.05, 0.1) is 20.3 Å². The lowest BCUT2D eigenvalue weighted by atomic mass is 9.85. The molecule has 1 saturated heterocycles. The molecule has 7 nitrogen and oxygen atoms in total. The number of carbonyl (C=O) groups excluding carboxylic acids is 2. The first kappa shape index (κ1) is 18.7. The zero-order valence-electron chi connectivity index (χ0n) is 17.0. The van der Waals surface area contributed by atoms with Gasteiger partial charge in [-0.05, 0) is 30.9 Å². The predicted octanol–water partition coefficient (Wildman–Crippen LogP) is 2.54. The van der Waals surface area contributed by atoms with Gasteiger partial charge in [-0.25, -0.2) is 0 Å². The first-order valence-electron chi connectivity index (χ1n) is 9.74. The summed E-state index contributed by atoms with van der Waals surface area (Å²) in [4.78, 5) is 31.0. The molecule has 0 aliphatic carbocycles. The van der Waals surface area contributed by atoms with Crippen LogP contribution in [0.1, 0.15) is 44.5 Å². The molecule has 0 bridgehead atoms. The van der Waals surface area contributed by atoms with Crippen LogP contribution in [0.4, 0.5) is 0 Å². The van der Waals surface area contributed by atoms with Crippen molar-refractivity contribution in [1.82, 2.24) is 15.2 Å². The Morgan fingerprint density at radius 3 is 2.50 bits per heavy atom. The van der Waals surface area contributed by atoms with Crippen LogP contribution in [0, 0.1) is 5.92 Å². The van der Waals surface area contributed by atoms with Crippen LogP contribution in [0.15, 0.2) is 12.1 Å². The second kappa shape index (κ2) is 6.72. The maximum absolute atomic E-state index is 13.0. The van der Waals surface area contributed by atoms with Gasteiger partial charge in [0, 0.05) is 29.1 Å². The van der Waals surface area contributed by atoms with E-state index in [0.717, 1.165) is 28.6 Å². The molecule has 150 valence electrons. The quantitative estimate of drug-likeness (QED) is 0.847. The van der Waals surface area contributed by atoms with Crippen molar-refractivity contribution in [2.75, 3.05) is 14.2 Å². The van der Waals surface area contributed by atoms with Crippen LogP contribution in [0.2, 0.25) is 0 Å². The summed E-state index contributed by atoms with van der Waals surface area (Å²) in [6.07, 6.45) is 1.28. The third kappa shape index (κ3) is 2.72. The fourth-order valence-electron chi connectivity index (χ4n) is 4.55. The molecule has 28 heavy (non-hydrogen) atoms. The fraction of sp³-hybridized carbons (Fsp3) is 0.524. The summed E-state index contributed by atoms with van der Waals surface area (Å²) in [6.45, 7) is 6.02. The van der Waals surface area contributed by atoms with Gasteiger partial charge >= 0.3 is 0 Å². The van der Waals surface area contributed by atoms with Crippen LogP contribution in [0.25, 0.3) is 10.9 Å². The fourth-order valence-corrected chi connectivity index (χ4v) is 4.55. The van der Waals surface area contributed by atoms with Gasteiger partial charge in [-0.2, -0.15) is 0 Å². The summed E-state index contributed by atoms with van der Waals surface area (Å²) in [7, 11) is 3.22. The molecule has 4 rings (SSSR count). The van der Waals surface area contributed by atoms with Crippen LogP contribution in [0.3, 0.4) is 0 Å². The van der Waals surface area contributed by atoms with Crippen molar-refractivity contribution in [1.29, 1.82) is 0 Å². The van der Waals surface area contributed by atoms with E-state index in [2.05, 4.69) is 24.1 Å². The number of benzene rings is 1. The Bertz CT molecular complexity index is 949. The van der Waals surface area contributed by atoms with Gasteiger partial charge in [0.1, 0.15) is 12.1 Å². The predicted molar refractivity (Wildman–Crippen MR) is 106 cm³/mol. The molecule has 0 spiro atoms. The molecule has 1 aromatic carbocycles. The van der Waals surface area contributed by atoms with Gasteiger partial charge in [0.15, 0.2) is 11.5 Å². The molecule has 1 fully saturated rings. The number of H-pyrrole nitrogens is 1. The minimum absolute atomic E-state index is 0.0188. The Kier molecular flexibility index (Phi) is 4.48. The molecule has 2 aliphatic heterocycles. The minimum atomic E-state index is -0.496. The number of nitrogens with one attached hydrogen (secondary N) is 2. The largest absolute Gasteiger partial charge is 0.493 e. The van der Waals surface area contributed by atoms with Crippen molar-refractivity contribution in [3.63, 3.8) is 0 Å². The van der Waals surface area contributed by atoms with E-state index >= 15 is 0 Å². The summed E-state index contributed by atoms with van der Waals surface area (Å²) in [5, 5.41) is 3.84. The molecule has 1 aromatic heterocycles. The van der Waals surface area contributed by atoms with E-state index in [1.807, 2.05) is 12.1 Å². The van der Waals surface area contributed by atoms with Gasteiger partial charge in [-0.1, -0.05) is 13.8 Å². The van der Waals surface area contributed by atoms with E-state index in [0.29, 0.717) is 23.8 Å². The Hall–Kier alpha value is -2.70. The van der Waals surface area contributed by atoms with Crippen molar-refractivity contribution in [2.45, 2.75) is 51.7 Å². The number of aromatic amines is 1. The monoisotopic (exact) mass is 385 g/mol. The molecule has 0 unspecified atom stereocenters. The van der Waals surface area contributed by atoms with E-state index in [1.54, 1.807) is 26.0 Å². The minimum Gasteiger partial charge on any atom is -0.493 e. The van der Waals surface area contributed by atoms with Crippen LogP contribution in [0.5, 0.6) is 11.5 Å². The molecule has 0 saturated carbocycles. The van der Waals surface area contributed by atoms with Gasteiger partial charge in [-0.15, -0.1) is 0 Å². The molecule has 0 radical (unpaired) electrons. The number of hydrogen-bond donors (Lipinski definition) is 2. The van der Waals surface area contributed by atoms with E-state index in [1.165, 1.54) is 0 Å². The number of amides is 2. The van der Waals surface area contributed by atoms with Crippen LogP contribution >= 0.6 is 0 Å². The summed E-state index contributed by atoms with van der Waals surface area (Å²) in [6, 6.07) is 2.75. The standard InChI is InChI=1S/C21H27N3O4/c1-10(2)6-15-19-13(7-16-20(25)22-11(3)21(26)24(15)16)12-8-17(27-4)18(28-5)9-14(12)23-19/h8-11,15-16,23H,6-7H2,1-5H3,(H,22,25)/t11-,15-,16+/m0/s1. The Morgan fingerprint density at radius 2 is 1.86 bits per heavy atom. The molecule has 2 N–H and O–H groups in total. The highest BCUT2D eigenvalue weighted by Crippen LogP contribution is 2.43. The number of nitrogens with zero attached hydrogens (tertiary/aromatic N) is 1.